The fourth-order valence-corrected chi connectivity index (χ4v) is 5.29. The number of rotatable bonds is 5. The molecule has 6 heteroatoms. The highest BCUT2D eigenvalue weighted by Gasteiger charge is 2.27. The van der Waals surface area contributed by atoms with E-state index in [9.17, 15) is 9.59 Å². The second-order valence-electron chi connectivity index (χ2n) is 7.35. The van der Waals surface area contributed by atoms with Gasteiger partial charge in [0.25, 0.3) is 0 Å². The van der Waals surface area contributed by atoms with Crippen molar-refractivity contribution in [2.75, 3.05) is 25.0 Å². The van der Waals surface area contributed by atoms with Gasteiger partial charge in [0.15, 0.2) is 0 Å². The molecular weight excluding hydrogens is 348 g/mol. The minimum Gasteiger partial charge on any atom is -0.462 e. The van der Waals surface area contributed by atoms with Gasteiger partial charge in [-0.3, -0.25) is 9.69 Å². The monoisotopic (exact) mass is 378 g/mol. The van der Waals surface area contributed by atoms with Crippen molar-refractivity contribution < 1.29 is 14.3 Å². The average Bonchev–Trinajstić information content (AvgIpc) is 2.78. The van der Waals surface area contributed by atoms with Crippen LogP contribution in [-0.4, -0.2) is 42.5 Å². The Hall–Kier alpha value is -1.40. The van der Waals surface area contributed by atoms with Crippen molar-refractivity contribution in [3.63, 3.8) is 0 Å². The Labute approximate surface area is 160 Å². The smallest absolute Gasteiger partial charge is 0.341 e. The summed E-state index contributed by atoms with van der Waals surface area (Å²) < 4.78 is 5.29. The first-order valence-electron chi connectivity index (χ1n) is 9.95. The first-order chi connectivity index (χ1) is 12.6. The van der Waals surface area contributed by atoms with Gasteiger partial charge in [0.1, 0.15) is 5.00 Å². The number of carbonyl (C=O) groups is 2. The molecule has 1 atom stereocenters. The molecule has 1 fully saturated rings. The van der Waals surface area contributed by atoms with Crippen LogP contribution in [0.2, 0.25) is 0 Å². The maximum Gasteiger partial charge on any atom is 0.341 e. The zero-order valence-corrected chi connectivity index (χ0v) is 16.8. The van der Waals surface area contributed by atoms with Crippen LogP contribution in [0.3, 0.4) is 0 Å². The van der Waals surface area contributed by atoms with Gasteiger partial charge in [0.2, 0.25) is 5.91 Å². The van der Waals surface area contributed by atoms with Crippen molar-refractivity contribution >= 4 is 28.2 Å². The summed E-state index contributed by atoms with van der Waals surface area (Å²) in [6.45, 7) is 5.72. The van der Waals surface area contributed by atoms with Crippen LogP contribution in [0.5, 0.6) is 0 Å². The van der Waals surface area contributed by atoms with Gasteiger partial charge < -0.3 is 10.1 Å². The molecule has 144 valence electrons. The lowest BCUT2D eigenvalue weighted by Gasteiger charge is -2.32. The molecule has 0 bridgehead atoms. The van der Waals surface area contributed by atoms with E-state index in [4.69, 9.17) is 4.74 Å². The molecule has 26 heavy (non-hydrogen) atoms. The summed E-state index contributed by atoms with van der Waals surface area (Å²) in [5.74, 6) is -0.325. The van der Waals surface area contributed by atoms with E-state index in [1.165, 1.54) is 17.7 Å². The van der Waals surface area contributed by atoms with Crippen molar-refractivity contribution in [1.82, 2.24) is 4.90 Å². The number of ether oxygens (including phenoxy) is 1. The highest BCUT2D eigenvalue weighted by atomic mass is 32.1. The minimum atomic E-state index is -0.298. The lowest BCUT2D eigenvalue weighted by molar-refractivity contribution is -0.118. The third-order valence-corrected chi connectivity index (χ3v) is 6.65. The number of likely N-dealkylation sites (tertiary alicyclic amines) is 1. The lowest BCUT2D eigenvalue weighted by atomic mass is 10.0. The van der Waals surface area contributed by atoms with Crippen LogP contribution in [-0.2, 0) is 22.4 Å². The van der Waals surface area contributed by atoms with Crippen molar-refractivity contribution in [2.24, 2.45) is 0 Å². The van der Waals surface area contributed by atoms with Crippen molar-refractivity contribution in [1.29, 1.82) is 0 Å². The first-order valence-corrected chi connectivity index (χ1v) is 10.8. The Bertz CT molecular complexity index is 656. The van der Waals surface area contributed by atoms with Gasteiger partial charge in [0.05, 0.1) is 18.7 Å². The molecule has 1 amide bonds. The summed E-state index contributed by atoms with van der Waals surface area (Å²) in [4.78, 5) is 28.7. The molecule has 1 aliphatic heterocycles. The fraction of sp³-hybridized carbons (Fsp3) is 0.700. The summed E-state index contributed by atoms with van der Waals surface area (Å²) in [5, 5.41) is 3.72. The second-order valence-corrected chi connectivity index (χ2v) is 8.46. The zero-order chi connectivity index (χ0) is 18.5. The van der Waals surface area contributed by atoms with Gasteiger partial charge in [0, 0.05) is 10.9 Å². The van der Waals surface area contributed by atoms with Crippen LogP contribution in [0.25, 0.3) is 0 Å². The number of thiophene rings is 1. The maximum atomic E-state index is 12.6. The summed E-state index contributed by atoms with van der Waals surface area (Å²) in [6.07, 6.45) is 8.86. The number of nitrogens with zero attached hydrogens (tertiary/aromatic N) is 1. The number of amides is 1. The Kier molecular flexibility index (Phi) is 6.70. The third kappa shape index (κ3) is 4.46. The predicted molar refractivity (Wildman–Crippen MR) is 105 cm³/mol. The van der Waals surface area contributed by atoms with Crippen LogP contribution in [0.4, 0.5) is 5.00 Å². The normalized spacial score (nSPS) is 20.9. The highest BCUT2D eigenvalue weighted by Crippen LogP contribution is 2.38. The van der Waals surface area contributed by atoms with Crippen LogP contribution in [0.1, 0.15) is 73.2 Å². The molecule has 0 spiro atoms. The molecular formula is C20H30N2O3S. The number of aryl methyl sites for hydroxylation is 1. The lowest BCUT2D eigenvalue weighted by Crippen LogP contribution is -2.42. The predicted octanol–water partition coefficient (Wildman–Crippen LogP) is 4.01. The van der Waals surface area contributed by atoms with E-state index >= 15 is 0 Å². The average molecular weight is 379 g/mol. The van der Waals surface area contributed by atoms with Crippen LogP contribution >= 0.6 is 11.3 Å². The highest BCUT2D eigenvalue weighted by molar-refractivity contribution is 7.17. The van der Waals surface area contributed by atoms with Crippen LogP contribution < -0.4 is 5.32 Å². The van der Waals surface area contributed by atoms with Crippen LogP contribution in [0.15, 0.2) is 0 Å². The van der Waals surface area contributed by atoms with Gasteiger partial charge in [-0.1, -0.05) is 12.8 Å². The second kappa shape index (κ2) is 9.00. The third-order valence-electron chi connectivity index (χ3n) is 5.44. The number of hydrogen-bond donors (Lipinski definition) is 1. The van der Waals surface area contributed by atoms with Crippen molar-refractivity contribution in [3.05, 3.63) is 16.0 Å². The van der Waals surface area contributed by atoms with E-state index in [-0.39, 0.29) is 11.9 Å². The summed E-state index contributed by atoms with van der Waals surface area (Å²) >= 11 is 1.57. The molecule has 1 aromatic heterocycles. The Morgan fingerprint density at radius 1 is 1.19 bits per heavy atom. The number of nitrogens with one attached hydrogen (secondary N) is 1. The molecule has 0 saturated carbocycles. The summed E-state index contributed by atoms with van der Waals surface area (Å²) in [5.41, 5.74) is 1.71. The van der Waals surface area contributed by atoms with E-state index in [0.717, 1.165) is 50.6 Å². The fourth-order valence-electron chi connectivity index (χ4n) is 3.99. The molecule has 1 aromatic rings. The topological polar surface area (TPSA) is 58.6 Å². The molecule has 1 N–H and O–H groups in total. The first kappa shape index (κ1) is 19.4. The molecule has 2 heterocycles. The number of esters is 1. The van der Waals surface area contributed by atoms with E-state index in [1.54, 1.807) is 11.3 Å². The van der Waals surface area contributed by atoms with Gasteiger partial charge in [-0.2, -0.15) is 0 Å². The standard InChI is InChI=1S/C20H30N2O3S/c1-3-25-20(24)18-15-10-5-4-6-11-16(15)26-19(18)21-17(23)13-22-12-8-7-9-14(22)2/h14H,3-13H2,1-2H3,(H,21,23). The van der Waals surface area contributed by atoms with E-state index in [1.807, 2.05) is 6.92 Å². The molecule has 5 nitrogen and oxygen atoms in total. The molecule has 0 radical (unpaired) electrons. The molecule has 2 aliphatic rings. The van der Waals surface area contributed by atoms with Gasteiger partial charge in [-0.25, -0.2) is 4.79 Å². The van der Waals surface area contributed by atoms with Crippen LogP contribution in [0, 0.1) is 0 Å². The van der Waals surface area contributed by atoms with Crippen molar-refractivity contribution in [2.45, 2.75) is 71.3 Å². The zero-order valence-electron chi connectivity index (χ0n) is 15.9. The van der Waals surface area contributed by atoms with E-state index < -0.39 is 0 Å². The van der Waals surface area contributed by atoms with Gasteiger partial charge in [-0.05, 0) is 64.5 Å². The Morgan fingerprint density at radius 3 is 2.77 bits per heavy atom. The van der Waals surface area contributed by atoms with Crippen molar-refractivity contribution in [3.8, 4) is 0 Å². The largest absolute Gasteiger partial charge is 0.462 e. The quantitative estimate of drug-likeness (QED) is 0.621. The van der Waals surface area contributed by atoms with E-state index in [2.05, 4.69) is 17.1 Å². The number of fused-ring (bicyclic) bond motifs is 1. The number of piperidine rings is 1. The molecule has 3 rings (SSSR count). The van der Waals surface area contributed by atoms with E-state index in [0.29, 0.717) is 29.8 Å². The Morgan fingerprint density at radius 2 is 2.00 bits per heavy atom. The number of hydrogen-bond acceptors (Lipinski definition) is 5. The Balaban J connectivity index is 1.77. The van der Waals surface area contributed by atoms with Gasteiger partial charge in [-0.15, -0.1) is 11.3 Å². The number of carbonyl (C=O) groups excluding carboxylic acids is 2. The minimum absolute atomic E-state index is 0.0271. The SMILES string of the molecule is CCOC(=O)c1c(NC(=O)CN2CCCCC2C)sc2c1CCCCC2. The molecule has 1 unspecified atom stereocenters. The van der Waals surface area contributed by atoms with Gasteiger partial charge >= 0.3 is 5.97 Å². The summed E-state index contributed by atoms with van der Waals surface area (Å²) in [6, 6.07) is 0.444. The molecule has 1 saturated heterocycles. The summed E-state index contributed by atoms with van der Waals surface area (Å²) in [7, 11) is 0. The number of anilines is 1. The molecule has 1 aliphatic carbocycles. The maximum absolute atomic E-state index is 12.6. The molecule has 0 aromatic carbocycles.